The minimum atomic E-state index is -4.47. The lowest BCUT2D eigenvalue weighted by atomic mass is 10.2. The van der Waals surface area contributed by atoms with Crippen LogP contribution in [0.25, 0.3) is 11.5 Å². The Balaban J connectivity index is 1.58. The normalized spacial score (nSPS) is 11.2. The van der Waals surface area contributed by atoms with Crippen molar-refractivity contribution in [1.82, 2.24) is 4.98 Å². The molecule has 0 radical (unpaired) electrons. The molecule has 0 saturated carbocycles. The summed E-state index contributed by atoms with van der Waals surface area (Å²) in [5.74, 6) is -1.08. The Kier molecular flexibility index (Phi) is 5.67. The van der Waals surface area contributed by atoms with E-state index in [-0.39, 0.29) is 23.0 Å². The molecule has 0 fully saturated rings. The third-order valence-electron chi connectivity index (χ3n) is 3.84. The fourth-order valence-electron chi connectivity index (χ4n) is 2.43. The van der Waals surface area contributed by atoms with E-state index in [1.165, 1.54) is 6.92 Å². The minimum absolute atomic E-state index is 0.0637. The summed E-state index contributed by atoms with van der Waals surface area (Å²) < 4.78 is 48.0. The number of carbonyl (C=O) groups is 2. The molecular formula is C20H15F3N2O4. The maximum absolute atomic E-state index is 12.5. The Morgan fingerprint density at radius 2 is 1.72 bits per heavy atom. The Labute approximate surface area is 163 Å². The van der Waals surface area contributed by atoms with Crippen LogP contribution in [0.5, 0.6) is 0 Å². The molecule has 0 unspecified atom stereocenters. The quantitative estimate of drug-likeness (QED) is 0.635. The van der Waals surface area contributed by atoms with Gasteiger partial charge in [-0.25, -0.2) is 9.78 Å². The van der Waals surface area contributed by atoms with E-state index < -0.39 is 30.2 Å². The molecule has 9 heteroatoms. The monoisotopic (exact) mass is 404 g/mol. The molecule has 3 rings (SSSR count). The van der Waals surface area contributed by atoms with Gasteiger partial charge in [0.1, 0.15) is 5.76 Å². The molecule has 1 N–H and O–H groups in total. The standard InChI is InChI=1S/C20H15F3N2O4/c1-12-17(25-18(29-12)13-5-3-2-4-6-13)19(27)28-11-16(26)24-15-9-7-14(8-10-15)20(21,22)23/h2-10H,11H2,1H3,(H,24,26). The number of esters is 1. The van der Waals surface area contributed by atoms with Crippen LogP contribution < -0.4 is 5.32 Å². The van der Waals surface area contributed by atoms with Crippen LogP contribution >= 0.6 is 0 Å². The second kappa shape index (κ2) is 8.17. The number of nitrogens with zero attached hydrogens (tertiary/aromatic N) is 1. The number of carbonyl (C=O) groups excluding carboxylic acids is 2. The molecule has 0 saturated heterocycles. The average molecular weight is 404 g/mol. The predicted octanol–water partition coefficient (Wildman–Crippen LogP) is 4.46. The SMILES string of the molecule is Cc1oc(-c2ccccc2)nc1C(=O)OCC(=O)Nc1ccc(C(F)(F)F)cc1. The summed E-state index contributed by atoms with van der Waals surface area (Å²) in [4.78, 5) is 28.2. The lowest BCUT2D eigenvalue weighted by Crippen LogP contribution is -2.21. The van der Waals surface area contributed by atoms with E-state index in [1.807, 2.05) is 6.07 Å². The Morgan fingerprint density at radius 1 is 1.07 bits per heavy atom. The molecule has 0 aliphatic heterocycles. The van der Waals surface area contributed by atoms with Crippen molar-refractivity contribution in [2.75, 3.05) is 11.9 Å². The van der Waals surface area contributed by atoms with Crippen LogP contribution in [-0.4, -0.2) is 23.5 Å². The molecule has 29 heavy (non-hydrogen) atoms. The molecule has 0 spiro atoms. The summed E-state index contributed by atoms with van der Waals surface area (Å²) in [6, 6.07) is 12.8. The molecule has 0 aliphatic rings. The van der Waals surface area contributed by atoms with Gasteiger partial charge in [0.2, 0.25) is 5.89 Å². The summed E-state index contributed by atoms with van der Waals surface area (Å²) in [7, 11) is 0. The van der Waals surface area contributed by atoms with Gasteiger partial charge in [0.05, 0.1) is 5.56 Å². The van der Waals surface area contributed by atoms with Gasteiger partial charge >= 0.3 is 12.1 Å². The molecule has 150 valence electrons. The van der Waals surface area contributed by atoms with Crippen LogP contribution in [-0.2, 0) is 15.7 Å². The van der Waals surface area contributed by atoms with Crippen molar-refractivity contribution in [3.05, 3.63) is 71.6 Å². The van der Waals surface area contributed by atoms with Gasteiger partial charge < -0.3 is 14.5 Å². The van der Waals surface area contributed by atoms with E-state index in [0.29, 0.717) is 5.56 Å². The zero-order valence-electron chi connectivity index (χ0n) is 15.1. The van der Waals surface area contributed by atoms with Crippen LogP contribution in [0, 0.1) is 6.92 Å². The zero-order valence-corrected chi connectivity index (χ0v) is 15.1. The number of alkyl halides is 3. The molecule has 0 atom stereocenters. The molecular weight excluding hydrogens is 389 g/mol. The van der Waals surface area contributed by atoms with E-state index in [2.05, 4.69) is 10.3 Å². The van der Waals surface area contributed by atoms with Crippen molar-refractivity contribution in [2.45, 2.75) is 13.1 Å². The number of benzene rings is 2. The van der Waals surface area contributed by atoms with Crippen LogP contribution in [0.4, 0.5) is 18.9 Å². The number of hydrogen-bond acceptors (Lipinski definition) is 5. The first-order valence-electron chi connectivity index (χ1n) is 8.41. The highest BCUT2D eigenvalue weighted by molar-refractivity contribution is 5.95. The first kappa shape index (κ1) is 20.1. The maximum Gasteiger partial charge on any atom is 0.416 e. The Morgan fingerprint density at radius 3 is 2.34 bits per heavy atom. The number of anilines is 1. The highest BCUT2D eigenvalue weighted by Crippen LogP contribution is 2.29. The van der Waals surface area contributed by atoms with Gasteiger partial charge in [0, 0.05) is 11.3 Å². The first-order chi connectivity index (χ1) is 13.7. The summed E-state index contributed by atoms with van der Waals surface area (Å²) in [5, 5.41) is 2.35. The molecule has 0 aliphatic carbocycles. The van der Waals surface area contributed by atoms with E-state index >= 15 is 0 Å². The van der Waals surface area contributed by atoms with Gasteiger partial charge in [-0.2, -0.15) is 13.2 Å². The van der Waals surface area contributed by atoms with Crippen LogP contribution in [0.2, 0.25) is 0 Å². The highest BCUT2D eigenvalue weighted by atomic mass is 19.4. The van der Waals surface area contributed by atoms with Gasteiger partial charge in [-0.3, -0.25) is 4.79 Å². The molecule has 2 aromatic carbocycles. The van der Waals surface area contributed by atoms with E-state index in [1.54, 1.807) is 24.3 Å². The Bertz CT molecular complexity index is 1010. The van der Waals surface area contributed by atoms with E-state index in [4.69, 9.17) is 9.15 Å². The topological polar surface area (TPSA) is 81.4 Å². The van der Waals surface area contributed by atoms with Gasteiger partial charge in [-0.05, 0) is 43.3 Å². The van der Waals surface area contributed by atoms with Crippen molar-refractivity contribution in [3.8, 4) is 11.5 Å². The number of oxazole rings is 1. The predicted molar refractivity (Wildman–Crippen MR) is 97.0 cm³/mol. The van der Waals surface area contributed by atoms with E-state index in [0.717, 1.165) is 24.3 Å². The second-order valence-corrected chi connectivity index (χ2v) is 5.99. The number of hydrogen-bond donors (Lipinski definition) is 1. The third kappa shape index (κ3) is 5.01. The van der Waals surface area contributed by atoms with Crippen molar-refractivity contribution in [2.24, 2.45) is 0 Å². The average Bonchev–Trinajstić information content (AvgIpc) is 3.08. The van der Waals surface area contributed by atoms with Crippen LogP contribution in [0.15, 0.2) is 59.0 Å². The van der Waals surface area contributed by atoms with Crippen LogP contribution in [0.3, 0.4) is 0 Å². The number of aromatic nitrogens is 1. The van der Waals surface area contributed by atoms with Crippen molar-refractivity contribution >= 4 is 17.6 Å². The largest absolute Gasteiger partial charge is 0.451 e. The molecule has 0 bridgehead atoms. The van der Waals surface area contributed by atoms with E-state index in [9.17, 15) is 22.8 Å². The minimum Gasteiger partial charge on any atom is -0.451 e. The van der Waals surface area contributed by atoms with Gasteiger partial charge in [-0.1, -0.05) is 18.2 Å². The maximum atomic E-state index is 12.5. The molecule has 6 nitrogen and oxygen atoms in total. The number of ether oxygens (including phenoxy) is 1. The lowest BCUT2D eigenvalue weighted by molar-refractivity contribution is -0.137. The summed E-state index contributed by atoms with van der Waals surface area (Å²) in [5.41, 5.74) is -0.0819. The first-order valence-corrected chi connectivity index (χ1v) is 8.41. The number of rotatable bonds is 5. The summed E-state index contributed by atoms with van der Waals surface area (Å²) >= 11 is 0. The molecule has 1 amide bonds. The highest BCUT2D eigenvalue weighted by Gasteiger charge is 2.30. The van der Waals surface area contributed by atoms with Crippen LogP contribution in [0.1, 0.15) is 21.8 Å². The molecule has 1 aromatic heterocycles. The van der Waals surface area contributed by atoms with Crippen molar-refractivity contribution < 1.29 is 31.9 Å². The number of halogens is 3. The fraction of sp³-hybridized carbons (Fsp3) is 0.150. The van der Waals surface area contributed by atoms with Gasteiger partial charge in [-0.15, -0.1) is 0 Å². The third-order valence-corrected chi connectivity index (χ3v) is 3.84. The number of nitrogens with one attached hydrogen (secondary N) is 1. The van der Waals surface area contributed by atoms with Crippen molar-refractivity contribution in [1.29, 1.82) is 0 Å². The van der Waals surface area contributed by atoms with Gasteiger partial charge in [0.25, 0.3) is 5.91 Å². The van der Waals surface area contributed by atoms with Crippen molar-refractivity contribution in [3.63, 3.8) is 0 Å². The lowest BCUT2D eigenvalue weighted by Gasteiger charge is -2.09. The second-order valence-electron chi connectivity index (χ2n) is 5.99. The zero-order chi connectivity index (χ0) is 21.0. The molecule has 3 aromatic rings. The smallest absolute Gasteiger partial charge is 0.416 e. The Hall–Kier alpha value is -3.62. The number of amides is 1. The number of aryl methyl sites for hydroxylation is 1. The fourth-order valence-corrected chi connectivity index (χ4v) is 2.43. The van der Waals surface area contributed by atoms with Gasteiger partial charge in [0.15, 0.2) is 12.3 Å². The summed E-state index contributed by atoms with van der Waals surface area (Å²) in [6.07, 6.45) is -4.47. The molecule has 1 heterocycles. The summed E-state index contributed by atoms with van der Waals surface area (Å²) in [6.45, 7) is 0.908.